The van der Waals surface area contributed by atoms with Crippen molar-refractivity contribution in [3.63, 3.8) is 0 Å². The van der Waals surface area contributed by atoms with Gasteiger partial charge in [0, 0.05) is 6.42 Å². The molecule has 11 heteroatoms. The summed E-state index contributed by atoms with van der Waals surface area (Å²) in [6.07, 6.45) is -1.01. The highest BCUT2D eigenvalue weighted by Gasteiger charge is 2.46. The summed E-state index contributed by atoms with van der Waals surface area (Å²) in [5.74, 6) is -0.764. The van der Waals surface area contributed by atoms with E-state index in [-0.39, 0.29) is 13.0 Å². The van der Waals surface area contributed by atoms with Gasteiger partial charge in [-0.2, -0.15) is 13.2 Å². The van der Waals surface area contributed by atoms with Gasteiger partial charge in [0.25, 0.3) is 9.84 Å². The fourth-order valence-electron chi connectivity index (χ4n) is 2.06. The molecule has 7 nitrogen and oxygen atoms in total. The van der Waals surface area contributed by atoms with Crippen molar-refractivity contribution in [3.8, 4) is 0 Å². The van der Waals surface area contributed by atoms with E-state index in [2.05, 4.69) is 5.32 Å². The summed E-state index contributed by atoms with van der Waals surface area (Å²) in [5, 5.41) is 2.34. The monoisotopic (exact) mass is 425 g/mol. The number of hydrogen-bond acceptors (Lipinski definition) is 6. The second kappa shape index (κ2) is 8.80. The average molecular weight is 425 g/mol. The molecule has 0 aliphatic heterocycles. The fraction of sp³-hybridized carbons (Fsp3) is 0.529. The van der Waals surface area contributed by atoms with Crippen LogP contribution in [0.15, 0.2) is 29.2 Å². The Morgan fingerprint density at radius 1 is 1.11 bits per heavy atom. The van der Waals surface area contributed by atoms with E-state index in [9.17, 15) is 31.2 Å². The Kier molecular flexibility index (Phi) is 7.46. The number of ether oxygens (including phenoxy) is 2. The van der Waals surface area contributed by atoms with Gasteiger partial charge in [-0.15, -0.1) is 0 Å². The zero-order chi connectivity index (χ0) is 21.8. The second-order valence-corrected chi connectivity index (χ2v) is 8.69. The van der Waals surface area contributed by atoms with E-state index in [4.69, 9.17) is 9.47 Å². The molecule has 0 saturated carbocycles. The highest BCUT2D eigenvalue weighted by molar-refractivity contribution is 7.92. The van der Waals surface area contributed by atoms with Crippen molar-refractivity contribution in [1.82, 2.24) is 5.32 Å². The molecular formula is C17H22F3NO6S. The largest absolute Gasteiger partial charge is 0.501 e. The Labute approximate surface area is 161 Å². The van der Waals surface area contributed by atoms with Crippen LogP contribution in [-0.4, -0.2) is 44.2 Å². The smallest absolute Gasteiger partial charge is 0.464 e. The van der Waals surface area contributed by atoms with E-state index >= 15 is 0 Å². The summed E-state index contributed by atoms with van der Waals surface area (Å²) in [6, 6.07) is 2.66. The number of alkyl carbamates (subject to hydrolysis) is 1. The normalized spacial score (nSPS) is 13.5. The molecule has 1 amide bonds. The molecule has 0 bridgehead atoms. The molecular weight excluding hydrogens is 403 g/mol. The first-order valence-electron chi connectivity index (χ1n) is 8.24. The Balaban J connectivity index is 3.00. The Hall–Kier alpha value is -2.30. The number of sulfone groups is 1. The highest BCUT2D eigenvalue weighted by Crippen LogP contribution is 2.30. The van der Waals surface area contributed by atoms with Crippen LogP contribution in [0.3, 0.4) is 0 Å². The molecule has 0 heterocycles. The van der Waals surface area contributed by atoms with Crippen LogP contribution in [0.25, 0.3) is 0 Å². The predicted molar refractivity (Wildman–Crippen MR) is 93.2 cm³/mol. The molecule has 0 spiro atoms. The van der Waals surface area contributed by atoms with Crippen molar-refractivity contribution in [2.75, 3.05) is 6.61 Å². The summed E-state index contributed by atoms with van der Waals surface area (Å²) in [5.41, 5.74) is -5.91. The van der Waals surface area contributed by atoms with Crippen LogP contribution in [0.2, 0.25) is 0 Å². The summed E-state index contributed by atoms with van der Waals surface area (Å²) in [4.78, 5) is 23.1. The first-order valence-corrected chi connectivity index (χ1v) is 9.72. The van der Waals surface area contributed by atoms with Crippen LogP contribution < -0.4 is 5.32 Å². The maximum absolute atomic E-state index is 12.6. The van der Waals surface area contributed by atoms with Gasteiger partial charge in [0.15, 0.2) is 0 Å². The van der Waals surface area contributed by atoms with Gasteiger partial charge in [0.1, 0.15) is 11.6 Å². The minimum atomic E-state index is -5.47. The SMILES string of the molecule is CCOC(=O)[C@H](Cc1ccc(S(=O)(=O)C(F)(F)F)cc1)NC(=O)OC(C)(C)C. The van der Waals surface area contributed by atoms with Gasteiger partial charge in [-0.3, -0.25) is 0 Å². The third-order valence-electron chi connectivity index (χ3n) is 3.24. The minimum absolute atomic E-state index is 0.0497. The van der Waals surface area contributed by atoms with Crippen LogP contribution in [-0.2, 0) is 30.5 Å². The maximum Gasteiger partial charge on any atom is 0.501 e. The number of esters is 1. The van der Waals surface area contributed by atoms with Gasteiger partial charge in [-0.25, -0.2) is 18.0 Å². The van der Waals surface area contributed by atoms with E-state index in [1.165, 1.54) is 0 Å². The van der Waals surface area contributed by atoms with E-state index in [0.717, 1.165) is 24.3 Å². The molecule has 0 aliphatic carbocycles. The van der Waals surface area contributed by atoms with Crippen LogP contribution in [0.5, 0.6) is 0 Å². The number of benzene rings is 1. The third-order valence-corrected chi connectivity index (χ3v) is 4.74. The molecule has 0 unspecified atom stereocenters. The van der Waals surface area contributed by atoms with Gasteiger partial charge in [-0.1, -0.05) is 12.1 Å². The molecule has 1 rings (SSSR count). The summed E-state index contributed by atoms with van der Waals surface area (Å²) < 4.78 is 70.5. The standard InChI is InChI=1S/C17H22F3NO6S/c1-5-26-14(22)13(21-15(23)27-16(2,3)4)10-11-6-8-12(9-7-11)28(24,25)17(18,19)20/h6-9,13H,5,10H2,1-4H3,(H,21,23)/t13-/m0/s1. The molecule has 1 atom stereocenters. The molecule has 0 saturated heterocycles. The van der Waals surface area contributed by atoms with Gasteiger partial charge >= 0.3 is 17.6 Å². The lowest BCUT2D eigenvalue weighted by Gasteiger charge is -2.23. The van der Waals surface area contributed by atoms with Crippen LogP contribution in [0.1, 0.15) is 33.3 Å². The number of carbonyl (C=O) groups excluding carboxylic acids is 2. The van der Waals surface area contributed by atoms with Crippen molar-refractivity contribution >= 4 is 21.9 Å². The molecule has 1 aromatic rings. The first kappa shape index (κ1) is 23.7. The predicted octanol–water partition coefficient (Wildman–Crippen LogP) is 2.98. The average Bonchev–Trinajstić information content (AvgIpc) is 2.52. The summed E-state index contributed by atoms with van der Waals surface area (Å²) in [7, 11) is -5.47. The van der Waals surface area contributed by atoms with E-state index in [1.54, 1.807) is 27.7 Å². The minimum Gasteiger partial charge on any atom is -0.464 e. The van der Waals surface area contributed by atoms with E-state index in [0.29, 0.717) is 5.56 Å². The molecule has 0 fully saturated rings. The molecule has 1 N–H and O–H groups in total. The van der Waals surface area contributed by atoms with Crippen molar-refractivity contribution in [2.45, 2.75) is 56.2 Å². The zero-order valence-electron chi connectivity index (χ0n) is 15.8. The molecule has 1 aromatic carbocycles. The van der Waals surface area contributed by atoms with Gasteiger partial charge in [0.05, 0.1) is 11.5 Å². The number of hydrogen-bond donors (Lipinski definition) is 1. The van der Waals surface area contributed by atoms with Gasteiger partial charge in [-0.05, 0) is 45.4 Å². The highest BCUT2D eigenvalue weighted by atomic mass is 32.2. The van der Waals surface area contributed by atoms with Crippen LogP contribution >= 0.6 is 0 Å². The molecule has 28 heavy (non-hydrogen) atoms. The second-order valence-electron chi connectivity index (χ2n) is 6.75. The van der Waals surface area contributed by atoms with Crippen molar-refractivity contribution < 1.29 is 40.7 Å². The Morgan fingerprint density at radius 3 is 2.07 bits per heavy atom. The molecule has 0 radical (unpaired) electrons. The van der Waals surface area contributed by atoms with E-state index in [1.807, 2.05) is 0 Å². The van der Waals surface area contributed by atoms with Gasteiger partial charge < -0.3 is 14.8 Å². The maximum atomic E-state index is 12.6. The number of halogens is 3. The van der Waals surface area contributed by atoms with Crippen molar-refractivity contribution in [1.29, 1.82) is 0 Å². The van der Waals surface area contributed by atoms with Crippen LogP contribution in [0, 0.1) is 0 Å². The number of alkyl halides is 3. The molecule has 158 valence electrons. The van der Waals surface area contributed by atoms with Gasteiger partial charge in [0.2, 0.25) is 0 Å². The summed E-state index contributed by atoms with van der Waals surface area (Å²) in [6.45, 7) is 6.51. The van der Waals surface area contributed by atoms with Crippen molar-refractivity contribution in [3.05, 3.63) is 29.8 Å². The quantitative estimate of drug-likeness (QED) is 0.704. The fourth-order valence-corrected chi connectivity index (χ4v) is 2.82. The number of amides is 1. The summed E-state index contributed by atoms with van der Waals surface area (Å²) >= 11 is 0. The Bertz CT molecular complexity index is 798. The third kappa shape index (κ3) is 6.70. The first-order chi connectivity index (χ1) is 12.7. The number of nitrogens with one attached hydrogen (secondary N) is 1. The van der Waals surface area contributed by atoms with Crippen molar-refractivity contribution in [2.24, 2.45) is 0 Å². The molecule has 0 aromatic heterocycles. The Morgan fingerprint density at radius 2 is 1.64 bits per heavy atom. The lowest BCUT2D eigenvalue weighted by Crippen LogP contribution is -2.45. The zero-order valence-corrected chi connectivity index (χ0v) is 16.6. The number of carbonyl (C=O) groups is 2. The van der Waals surface area contributed by atoms with E-state index < -0.39 is 43.9 Å². The van der Waals surface area contributed by atoms with Crippen LogP contribution in [0.4, 0.5) is 18.0 Å². The topological polar surface area (TPSA) is 98.8 Å². The molecule has 0 aliphatic rings. The lowest BCUT2D eigenvalue weighted by molar-refractivity contribution is -0.145. The lowest BCUT2D eigenvalue weighted by atomic mass is 10.1. The number of rotatable bonds is 6.